The summed E-state index contributed by atoms with van der Waals surface area (Å²) in [6, 6.07) is 7.37. The van der Waals surface area contributed by atoms with Gasteiger partial charge in [0.2, 0.25) is 0 Å². The summed E-state index contributed by atoms with van der Waals surface area (Å²) < 4.78 is 7.42. The molecular formula is C16H24IN5O2. The number of carbonyl (C=O) groups excluding carboxylic acids is 1. The predicted molar refractivity (Wildman–Crippen MR) is 104 cm³/mol. The Balaban J connectivity index is 0.00000288. The van der Waals surface area contributed by atoms with Crippen LogP contribution in [0.3, 0.4) is 0 Å². The number of guanidine groups is 1. The average molecular weight is 445 g/mol. The number of rotatable bonds is 6. The fourth-order valence-electron chi connectivity index (χ4n) is 2.20. The van der Waals surface area contributed by atoms with Crippen LogP contribution in [0.25, 0.3) is 0 Å². The Kier molecular flexibility index (Phi) is 7.83. The van der Waals surface area contributed by atoms with Crippen molar-refractivity contribution < 1.29 is 9.21 Å². The molecule has 0 bridgehead atoms. The lowest BCUT2D eigenvalue weighted by atomic mass is 10.4. The van der Waals surface area contributed by atoms with Crippen LogP contribution >= 0.6 is 24.0 Å². The Morgan fingerprint density at radius 2 is 2.17 bits per heavy atom. The molecule has 0 aliphatic heterocycles. The molecule has 2 aromatic rings. The first-order valence-corrected chi connectivity index (χ1v) is 7.49. The van der Waals surface area contributed by atoms with Crippen LogP contribution in [0.5, 0.6) is 0 Å². The lowest BCUT2D eigenvalue weighted by Gasteiger charge is -2.22. The summed E-state index contributed by atoms with van der Waals surface area (Å²) in [7, 11) is 3.99. The Morgan fingerprint density at radius 1 is 1.42 bits per heavy atom. The molecule has 2 heterocycles. The van der Waals surface area contributed by atoms with Crippen LogP contribution in [0, 0.1) is 0 Å². The van der Waals surface area contributed by atoms with Gasteiger partial charge in [-0.2, -0.15) is 0 Å². The molecule has 0 atom stereocenters. The zero-order chi connectivity index (χ0) is 16.8. The van der Waals surface area contributed by atoms with Gasteiger partial charge in [-0.3, -0.25) is 4.79 Å². The number of furan rings is 1. The van der Waals surface area contributed by atoms with Crippen molar-refractivity contribution in [1.82, 2.24) is 14.8 Å². The number of primary amides is 1. The van der Waals surface area contributed by atoms with Crippen LogP contribution in [-0.4, -0.2) is 34.9 Å². The van der Waals surface area contributed by atoms with E-state index in [9.17, 15) is 4.79 Å². The van der Waals surface area contributed by atoms with Crippen molar-refractivity contribution in [3.8, 4) is 0 Å². The molecule has 1 amide bonds. The molecule has 132 valence electrons. The molecule has 0 fully saturated rings. The van der Waals surface area contributed by atoms with E-state index in [-0.39, 0.29) is 29.7 Å². The predicted octanol–water partition coefficient (Wildman–Crippen LogP) is 1.93. The van der Waals surface area contributed by atoms with Crippen LogP contribution in [0.15, 0.2) is 39.9 Å². The highest BCUT2D eigenvalue weighted by atomic mass is 127. The van der Waals surface area contributed by atoms with Gasteiger partial charge >= 0.3 is 0 Å². The second-order valence-corrected chi connectivity index (χ2v) is 5.27. The van der Waals surface area contributed by atoms with Crippen LogP contribution in [0.1, 0.15) is 28.9 Å². The van der Waals surface area contributed by atoms with E-state index in [1.807, 2.05) is 38.2 Å². The minimum atomic E-state index is -0.576. The lowest BCUT2D eigenvalue weighted by molar-refractivity contribution is 0.0972. The standard InChI is InChI=1S/C16H23N5O2.HI/c1-4-18-16(21(3)11-12-6-5-9-20(12)2)19-10-13-7-8-14(23-13)15(17)22;/h5-9H,4,10-11H2,1-3H3,(H2,17,22)(H,18,19);1H. The molecule has 0 aliphatic carbocycles. The SMILES string of the molecule is CCNC(=NCc1ccc(C(N)=O)o1)N(C)Cc1cccn1C.I. The molecule has 2 rings (SSSR count). The van der Waals surface area contributed by atoms with Gasteiger partial charge in [0.15, 0.2) is 11.7 Å². The molecule has 7 nitrogen and oxygen atoms in total. The first-order chi connectivity index (χ1) is 11.0. The molecule has 0 saturated heterocycles. The number of hydrogen-bond donors (Lipinski definition) is 2. The number of carbonyl (C=O) groups is 1. The summed E-state index contributed by atoms with van der Waals surface area (Å²) in [6.07, 6.45) is 2.02. The van der Waals surface area contributed by atoms with E-state index in [4.69, 9.17) is 10.2 Å². The summed E-state index contributed by atoms with van der Waals surface area (Å²) >= 11 is 0. The summed E-state index contributed by atoms with van der Waals surface area (Å²) in [4.78, 5) is 17.6. The number of aliphatic imine (C=N–C) groups is 1. The van der Waals surface area contributed by atoms with Gasteiger partial charge in [-0.25, -0.2) is 4.99 Å². The van der Waals surface area contributed by atoms with Crippen LogP contribution in [0.2, 0.25) is 0 Å². The van der Waals surface area contributed by atoms with Gasteiger partial charge in [0.05, 0.1) is 6.54 Å². The highest BCUT2D eigenvalue weighted by Gasteiger charge is 2.10. The number of hydrogen-bond acceptors (Lipinski definition) is 3. The zero-order valence-corrected chi connectivity index (χ0v) is 16.5. The molecular weight excluding hydrogens is 421 g/mol. The van der Waals surface area contributed by atoms with E-state index in [1.165, 1.54) is 5.69 Å². The molecule has 0 saturated carbocycles. The summed E-state index contributed by atoms with van der Waals surface area (Å²) in [6.45, 7) is 3.86. The molecule has 0 radical (unpaired) electrons. The number of amides is 1. The van der Waals surface area contributed by atoms with E-state index < -0.39 is 5.91 Å². The minimum absolute atomic E-state index is 0. The van der Waals surface area contributed by atoms with Crippen molar-refractivity contribution in [2.75, 3.05) is 13.6 Å². The first kappa shape index (κ1) is 20.1. The Hall–Kier alpha value is -1.97. The third kappa shape index (κ3) is 5.29. The van der Waals surface area contributed by atoms with Gasteiger partial charge in [-0.15, -0.1) is 24.0 Å². The van der Waals surface area contributed by atoms with E-state index in [0.717, 1.165) is 19.0 Å². The number of halogens is 1. The van der Waals surface area contributed by atoms with Crippen molar-refractivity contribution in [2.45, 2.75) is 20.0 Å². The maximum Gasteiger partial charge on any atom is 0.284 e. The number of nitrogens with two attached hydrogens (primary N) is 1. The second-order valence-electron chi connectivity index (χ2n) is 5.27. The zero-order valence-electron chi connectivity index (χ0n) is 14.2. The minimum Gasteiger partial charge on any atom is -0.454 e. The van der Waals surface area contributed by atoms with E-state index in [2.05, 4.69) is 20.9 Å². The average Bonchev–Trinajstić information content (AvgIpc) is 3.13. The summed E-state index contributed by atoms with van der Waals surface area (Å²) in [5.74, 6) is 0.942. The van der Waals surface area contributed by atoms with Crippen molar-refractivity contribution in [2.24, 2.45) is 17.8 Å². The fraction of sp³-hybridized carbons (Fsp3) is 0.375. The van der Waals surface area contributed by atoms with Crippen molar-refractivity contribution in [3.05, 3.63) is 47.7 Å². The van der Waals surface area contributed by atoms with Gasteiger partial charge in [-0.1, -0.05) is 0 Å². The molecule has 3 N–H and O–H groups in total. The third-order valence-electron chi connectivity index (χ3n) is 3.44. The van der Waals surface area contributed by atoms with Crippen molar-refractivity contribution in [1.29, 1.82) is 0 Å². The molecule has 24 heavy (non-hydrogen) atoms. The maximum absolute atomic E-state index is 11.0. The number of nitrogens with zero attached hydrogens (tertiary/aromatic N) is 3. The number of aromatic nitrogens is 1. The quantitative estimate of drug-likeness (QED) is 0.404. The maximum atomic E-state index is 11.0. The van der Waals surface area contributed by atoms with Gasteiger partial charge in [-0.05, 0) is 31.2 Å². The molecule has 0 aromatic carbocycles. The monoisotopic (exact) mass is 445 g/mol. The number of nitrogens with one attached hydrogen (secondary N) is 1. The Labute approximate surface area is 158 Å². The fourth-order valence-corrected chi connectivity index (χ4v) is 2.20. The Bertz CT molecular complexity index is 692. The highest BCUT2D eigenvalue weighted by molar-refractivity contribution is 14.0. The number of aryl methyl sites for hydroxylation is 1. The Morgan fingerprint density at radius 3 is 2.71 bits per heavy atom. The summed E-state index contributed by atoms with van der Waals surface area (Å²) in [5.41, 5.74) is 6.36. The van der Waals surface area contributed by atoms with Crippen LogP contribution in [0.4, 0.5) is 0 Å². The highest BCUT2D eigenvalue weighted by Crippen LogP contribution is 2.09. The lowest BCUT2D eigenvalue weighted by Crippen LogP contribution is -2.38. The second kappa shape index (κ2) is 9.36. The summed E-state index contributed by atoms with van der Waals surface area (Å²) in [5, 5.41) is 3.25. The molecule has 2 aromatic heterocycles. The van der Waals surface area contributed by atoms with Crippen molar-refractivity contribution in [3.63, 3.8) is 0 Å². The largest absolute Gasteiger partial charge is 0.454 e. The molecule has 0 aliphatic rings. The van der Waals surface area contributed by atoms with Gasteiger partial charge < -0.3 is 24.9 Å². The first-order valence-electron chi connectivity index (χ1n) is 7.49. The smallest absolute Gasteiger partial charge is 0.284 e. The van der Waals surface area contributed by atoms with E-state index in [1.54, 1.807) is 12.1 Å². The molecule has 8 heteroatoms. The van der Waals surface area contributed by atoms with E-state index in [0.29, 0.717) is 12.3 Å². The van der Waals surface area contributed by atoms with Gasteiger partial charge in [0.1, 0.15) is 12.3 Å². The van der Waals surface area contributed by atoms with Gasteiger partial charge in [0, 0.05) is 32.5 Å². The van der Waals surface area contributed by atoms with Crippen LogP contribution in [-0.2, 0) is 20.1 Å². The molecule has 0 spiro atoms. The third-order valence-corrected chi connectivity index (χ3v) is 3.44. The van der Waals surface area contributed by atoms with Gasteiger partial charge in [0.25, 0.3) is 5.91 Å². The normalized spacial score (nSPS) is 11.0. The molecule has 0 unspecified atom stereocenters. The van der Waals surface area contributed by atoms with Crippen LogP contribution < -0.4 is 11.1 Å². The topological polar surface area (TPSA) is 88.8 Å². The van der Waals surface area contributed by atoms with E-state index >= 15 is 0 Å². The van der Waals surface area contributed by atoms with Crippen molar-refractivity contribution >= 4 is 35.8 Å².